The van der Waals surface area contributed by atoms with Crippen LogP contribution in [0.1, 0.15) is 24.9 Å². The van der Waals surface area contributed by atoms with Gasteiger partial charge in [0.2, 0.25) is 0 Å². The number of hydrogen-bond acceptors (Lipinski definition) is 6. The normalized spacial score (nSPS) is 11.8. The molecule has 6 nitrogen and oxygen atoms in total. The number of aromatic nitrogens is 3. The van der Waals surface area contributed by atoms with E-state index in [0.717, 1.165) is 34.8 Å². The van der Waals surface area contributed by atoms with Crippen LogP contribution in [0, 0.1) is 6.92 Å². The Morgan fingerprint density at radius 3 is 2.68 bits per heavy atom. The Hall–Kier alpha value is -2.19. The van der Waals surface area contributed by atoms with Gasteiger partial charge in [-0.1, -0.05) is 24.3 Å². The third-order valence-electron chi connectivity index (χ3n) is 3.88. The van der Waals surface area contributed by atoms with E-state index in [0.29, 0.717) is 10.8 Å². The van der Waals surface area contributed by atoms with E-state index < -0.39 is 9.84 Å². The van der Waals surface area contributed by atoms with Crippen molar-refractivity contribution < 1.29 is 8.42 Å². The first kappa shape index (κ1) is 17.6. The van der Waals surface area contributed by atoms with Crippen LogP contribution in [0.3, 0.4) is 0 Å². The Morgan fingerprint density at radius 1 is 1.32 bits per heavy atom. The van der Waals surface area contributed by atoms with Crippen LogP contribution in [0.4, 0.5) is 5.13 Å². The lowest BCUT2D eigenvalue weighted by atomic mass is 10.1. The summed E-state index contributed by atoms with van der Waals surface area (Å²) in [4.78, 5) is 9.84. The van der Waals surface area contributed by atoms with Gasteiger partial charge in [0.15, 0.2) is 15.0 Å². The lowest BCUT2D eigenvalue weighted by Crippen LogP contribution is -2.08. The quantitative estimate of drug-likeness (QED) is 0.738. The summed E-state index contributed by atoms with van der Waals surface area (Å²) < 4.78 is 26.4. The molecule has 8 heteroatoms. The van der Waals surface area contributed by atoms with Gasteiger partial charge in [0.1, 0.15) is 5.82 Å². The van der Waals surface area contributed by atoms with Crippen LogP contribution < -0.4 is 5.73 Å². The molecule has 3 rings (SSSR count). The van der Waals surface area contributed by atoms with Crippen LogP contribution in [0.2, 0.25) is 0 Å². The van der Waals surface area contributed by atoms with E-state index in [9.17, 15) is 8.42 Å². The molecule has 2 aromatic heterocycles. The van der Waals surface area contributed by atoms with E-state index in [1.165, 1.54) is 17.6 Å². The number of rotatable bonds is 5. The first-order chi connectivity index (χ1) is 11.8. The number of sulfone groups is 1. The lowest BCUT2D eigenvalue weighted by molar-refractivity contribution is 0.601. The van der Waals surface area contributed by atoms with Crippen LogP contribution >= 0.6 is 11.3 Å². The Labute approximate surface area is 151 Å². The predicted octanol–water partition coefficient (Wildman–Crippen LogP) is 3.24. The molecule has 0 atom stereocenters. The van der Waals surface area contributed by atoms with Crippen molar-refractivity contribution in [3.63, 3.8) is 0 Å². The van der Waals surface area contributed by atoms with Gasteiger partial charge in [-0.15, -0.1) is 0 Å². The van der Waals surface area contributed by atoms with Crippen molar-refractivity contribution in [2.45, 2.75) is 31.6 Å². The number of benzene rings is 1. The highest BCUT2D eigenvalue weighted by atomic mass is 32.2. The van der Waals surface area contributed by atoms with E-state index in [1.807, 2.05) is 17.6 Å². The molecule has 0 radical (unpaired) electrons. The fraction of sp³-hybridized carbons (Fsp3) is 0.294. The minimum absolute atomic E-state index is 0.279. The highest BCUT2D eigenvalue weighted by molar-refractivity contribution is 7.90. The molecule has 0 aliphatic heterocycles. The van der Waals surface area contributed by atoms with E-state index in [4.69, 9.17) is 5.73 Å². The average molecular weight is 377 g/mol. The molecule has 2 N–H and O–H groups in total. The second-order valence-electron chi connectivity index (χ2n) is 5.88. The summed E-state index contributed by atoms with van der Waals surface area (Å²) in [5, 5.41) is 0.496. The van der Waals surface area contributed by atoms with Crippen LogP contribution in [0.25, 0.3) is 16.1 Å². The van der Waals surface area contributed by atoms with Crippen molar-refractivity contribution in [1.29, 1.82) is 0 Å². The molecular weight excluding hydrogens is 356 g/mol. The fourth-order valence-electron chi connectivity index (χ4n) is 2.81. The molecule has 0 bridgehead atoms. The Morgan fingerprint density at radius 2 is 2.08 bits per heavy atom. The number of hydrogen-bond donors (Lipinski definition) is 1. The van der Waals surface area contributed by atoms with Gasteiger partial charge in [0, 0.05) is 25.1 Å². The molecule has 3 aromatic rings. The largest absolute Gasteiger partial charge is 0.375 e. The summed E-state index contributed by atoms with van der Waals surface area (Å²) in [7, 11) is -3.38. The minimum atomic E-state index is -3.38. The summed E-state index contributed by atoms with van der Waals surface area (Å²) in [5.74, 6) is 0.838. The summed E-state index contributed by atoms with van der Waals surface area (Å²) in [6, 6.07) is 5.32. The van der Waals surface area contributed by atoms with Gasteiger partial charge < -0.3 is 10.3 Å². The average Bonchev–Trinajstić information content (AvgIpc) is 3.12. The molecule has 0 saturated heterocycles. The van der Waals surface area contributed by atoms with E-state index in [2.05, 4.69) is 16.9 Å². The zero-order valence-corrected chi connectivity index (χ0v) is 16.0. The molecule has 0 fully saturated rings. The third-order valence-corrected chi connectivity index (χ3v) is 6.06. The summed E-state index contributed by atoms with van der Waals surface area (Å²) in [5.41, 5.74) is 8.14. The van der Waals surface area contributed by atoms with E-state index in [-0.39, 0.29) is 4.90 Å². The second kappa shape index (κ2) is 6.61. The molecule has 0 saturated carbocycles. The second-order valence-corrected chi connectivity index (χ2v) is 8.90. The van der Waals surface area contributed by atoms with Crippen molar-refractivity contribution in [2.75, 3.05) is 12.0 Å². The van der Waals surface area contributed by atoms with Gasteiger partial charge in [-0.3, -0.25) is 0 Å². The topological polar surface area (TPSA) is 90.9 Å². The number of imidazole rings is 1. The van der Waals surface area contributed by atoms with Crippen molar-refractivity contribution in [1.82, 2.24) is 14.5 Å². The molecule has 0 spiro atoms. The maximum Gasteiger partial charge on any atom is 0.180 e. The molecule has 0 amide bonds. The third kappa shape index (κ3) is 3.45. The van der Waals surface area contributed by atoms with Gasteiger partial charge in [-0.2, -0.15) is 0 Å². The number of nitrogens with two attached hydrogens (primary N) is 1. The first-order valence-corrected chi connectivity index (χ1v) is 10.6. The summed E-state index contributed by atoms with van der Waals surface area (Å²) >= 11 is 1.39. The Bertz CT molecular complexity index is 1020. The standard InChI is InChI=1S/C17H20N4O2S2/c1-4-5-15-19-8-9-21(15)13-10-12(6-7-14(13)25(3,22)23)16-11(2)20-17(18)24-16/h6-10H,4-5H2,1-3H3,(H2,18,20). The molecule has 0 aliphatic rings. The van der Waals surface area contributed by atoms with Crippen LogP contribution in [-0.2, 0) is 16.3 Å². The number of aryl methyl sites for hydroxylation is 2. The molecule has 1 aromatic carbocycles. The van der Waals surface area contributed by atoms with Gasteiger partial charge in [-0.05, 0) is 31.0 Å². The maximum atomic E-state index is 12.3. The van der Waals surface area contributed by atoms with Gasteiger partial charge in [0.05, 0.1) is 21.2 Å². The van der Waals surface area contributed by atoms with Crippen molar-refractivity contribution in [3.8, 4) is 16.1 Å². The smallest absolute Gasteiger partial charge is 0.180 e. The van der Waals surface area contributed by atoms with Gasteiger partial charge in [0.25, 0.3) is 0 Å². The Balaban J connectivity index is 2.25. The van der Waals surface area contributed by atoms with Crippen molar-refractivity contribution in [2.24, 2.45) is 0 Å². The first-order valence-electron chi connectivity index (χ1n) is 7.91. The van der Waals surface area contributed by atoms with Crippen molar-refractivity contribution in [3.05, 3.63) is 42.1 Å². The predicted molar refractivity (Wildman–Crippen MR) is 101 cm³/mol. The highest BCUT2D eigenvalue weighted by Gasteiger charge is 2.19. The van der Waals surface area contributed by atoms with Gasteiger partial charge >= 0.3 is 0 Å². The number of nitrogens with zero attached hydrogens (tertiary/aromatic N) is 3. The van der Waals surface area contributed by atoms with Crippen molar-refractivity contribution >= 4 is 26.3 Å². The number of anilines is 1. The lowest BCUT2D eigenvalue weighted by Gasteiger charge is -2.13. The SMILES string of the molecule is CCCc1nccn1-c1cc(-c2sc(N)nc2C)ccc1S(C)(=O)=O. The molecule has 0 aliphatic carbocycles. The zero-order valence-electron chi connectivity index (χ0n) is 14.4. The van der Waals surface area contributed by atoms with E-state index in [1.54, 1.807) is 24.5 Å². The van der Waals surface area contributed by atoms with E-state index >= 15 is 0 Å². The molecule has 0 unspecified atom stereocenters. The summed E-state index contributed by atoms with van der Waals surface area (Å²) in [6.07, 6.45) is 6.41. The minimum Gasteiger partial charge on any atom is -0.375 e. The van der Waals surface area contributed by atoms with Gasteiger partial charge in [-0.25, -0.2) is 18.4 Å². The zero-order chi connectivity index (χ0) is 18.2. The molecule has 2 heterocycles. The summed E-state index contributed by atoms with van der Waals surface area (Å²) in [6.45, 7) is 3.96. The maximum absolute atomic E-state index is 12.3. The number of thiazole rings is 1. The molecular formula is C17H20N4O2S2. The van der Waals surface area contributed by atoms with Crippen LogP contribution in [-0.4, -0.2) is 29.2 Å². The fourth-order valence-corrected chi connectivity index (χ4v) is 4.49. The van der Waals surface area contributed by atoms with Crippen LogP contribution in [0.5, 0.6) is 0 Å². The molecule has 25 heavy (non-hydrogen) atoms. The monoisotopic (exact) mass is 376 g/mol. The number of nitrogen functional groups attached to an aromatic ring is 1. The highest BCUT2D eigenvalue weighted by Crippen LogP contribution is 2.34. The van der Waals surface area contributed by atoms with Crippen LogP contribution in [0.15, 0.2) is 35.5 Å². The Kier molecular flexibility index (Phi) is 4.66. The molecule has 132 valence electrons.